The fourth-order valence-electron chi connectivity index (χ4n) is 4.32. The van der Waals surface area contributed by atoms with Crippen LogP contribution in [0.25, 0.3) is 0 Å². The smallest absolute Gasteiger partial charge is 0.154 e. The number of carbonyl (C=O) groups excluding carboxylic acids is 2. The lowest BCUT2D eigenvalue weighted by molar-refractivity contribution is -0.127. The molecule has 4 atom stereocenters. The molecule has 0 amide bonds. The summed E-state index contributed by atoms with van der Waals surface area (Å²) in [7, 11) is 0. The number of hydrogen-bond acceptors (Lipinski definition) is 3. The summed E-state index contributed by atoms with van der Waals surface area (Å²) < 4.78 is 5.76. The van der Waals surface area contributed by atoms with Crippen molar-refractivity contribution in [2.75, 3.05) is 0 Å². The molecule has 0 radical (unpaired) electrons. The zero-order valence-corrected chi connectivity index (χ0v) is 11.8. The second-order valence-corrected chi connectivity index (χ2v) is 6.30. The minimum atomic E-state index is -0.612. The van der Waals surface area contributed by atoms with Crippen LogP contribution < -0.4 is 0 Å². The highest BCUT2D eigenvalue weighted by atomic mass is 16.5. The lowest BCUT2D eigenvalue weighted by Gasteiger charge is -2.16. The van der Waals surface area contributed by atoms with Gasteiger partial charge < -0.3 is 4.74 Å². The normalized spacial score (nSPS) is 36.9. The Morgan fingerprint density at radius 1 is 1.14 bits per heavy atom. The van der Waals surface area contributed by atoms with Gasteiger partial charge in [0.05, 0.1) is 24.0 Å². The van der Waals surface area contributed by atoms with E-state index < -0.39 is 5.92 Å². The maximum atomic E-state index is 12.8. The third kappa shape index (κ3) is 1.60. The van der Waals surface area contributed by atoms with Crippen molar-refractivity contribution in [1.29, 1.82) is 0 Å². The number of carbonyl (C=O) groups is 2. The Balaban J connectivity index is 1.75. The average Bonchev–Trinajstić information content (AvgIpc) is 3.14. The van der Waals surface area contributed by atoms with Crippen LogP contribution in [0.4, 0.5) is 0 Å². The number of hydrogen-bond donors (Lipinski definition) is 0. The Bertz CT molecular complexity index is 669. The van der Waals surface area contributed by atoms with Gasteiger partial charge >= 0.3 is 0 Å². The first kappa shape index (κ1) is 12.8. The van der Waals surface area contributed by atoms with Crippen LogP contribution in [-0.4, -0.2) is 23.8 Å². The first-order chi connectivity index (χ1) is 10.1. The molecule has 3 aliphatic rings. The Labute approximate surface area is 123 Å². The number of ketones is 2. The molecule has 4 unspecified atom stereocenters. The molecule has 0 spiro atoms. The van der Waals surface area contributed by atoms with Crippen molar-refractivity contribution < 1.29 is 14.3 Å². The quantitative estimate of drug-likeness (QED) is 0.584. The predicted octanol–water partition coefficient (Wildman–Crippen LogP) is 2.01. The van der Waals surface area contributed by atoms with E-state index in [9.17, 15) is 9.59 Å². The van der Waals surface area contributed by atoms with Crippen molar-refractivity contribution in [3.8, 4) is 12.3 Å². The molecule has 3 heteroatoms. The summed E-state index contributed by atoms with van der Waals surface area (Å²) >= 11 is 0. The van der Waals surface area contributed by atoms with Gasteiger partial charge in [-0.25, -0.2) is 0 Å². The van der Waals surface area contributed by atoms with E-state index in [-0.39, 0.29) is 35.6 Å². The van der Waals surface area contributed by atoms with Gasteiger partial charge in [-0.1, -0.05) is 12.0 Å². The summed E-state index contributed by atoms with van der Waals surface area (Å²) in [4.78, 5) is 25.5. The highest BCUT2D eigenvalue weighted by molar-refractivity contribution is 6.17. The van der Waals surface area contributed by atoms with Crippen molar-refractivity contribution in [2.45, 2.75) is 37.9 Å². The fourth-order valence-corrected chi connectivity index (χ4v) is 4.32. The second kappa shape index (κ2) is 4.29. The van der Waals surface area contributed by atoms with Crippen LogP contribution in [0, 0.1) is 31.1 Å². The molecule has 1 aliphatic carbocycles. The zero-order valence-electron chi connectivity index (χ0n) is 11.8. The van der Waals surface area contributed by atoms with E-state index in [2.05, 4.69) is 5.92 Å². The van der Waals surface area contributed by atoms with E-state index in [1.807, 2.05) is 25.1 Å². The van der Waals surface area contributed by atoms with Gasteiger partial charge in [0.15, 0.2) is 11.6 Å². The van der Waals surface area contributed by atoms with Crippen LogP contribution >= 0.6 is 0 Å². The topological polar surface area (TPSA) is 43.4 Å². The van der Waals surface area contributed by atoms with Gasteiger partial charge in [0.25, 0.3) is 0 Å². The zero-order chi connectivity index (χ0) is 14.7. The van der Waals surface area contributed by atoms with Crippen molar-refractivity contribution in [3.05, 3.63) is 34.9 Å². The first-order valence-electron chi connectivity index (χ1n) is 7.42. The van der Waals surface area contributed by atoms with Gasteiger partial charge in [-0.05, 0) is 43.0 Å². The molecular formula is C18H16O3. The Morgan fingerprint density at radius 2 is 1.76 bits per heavy atom. The van der Waals surface area contributed by atoms with Crippen LogP contribution in [0.5, 0.6) is 0 Å². The maximum absolute atomic E-state index is 12.8. The highest BCUT2D eigenvalue weighted by Crippen LogP contribution is 2.52. The second-order valence-electron chi connectivity index (χ2n) is 6.30. The molecule has 106 valence electrons. The number of fused-ring (bicyclic) bond motifs is 5. The van der Waals surface area contributed by atoms with Gasteiger partial charge in [0.1, 0.15) is 5.92 Å². The largest absolute Gasteiger partial charge is 0.373 e. The molecule has 2 bridgehead atoms. The van der Waals surface area contributed by atoms with Gasteiger partial charge in [-0.2, -0.15) is 0 Å². The summed E-state index contributed by atoms with van der Waals surface area (Å²) in [5.41, 5.74) is 2.51. The van der Waals surface area contributed by atoms with E-state index in [4.69, 9.17) is 11.2 Å². The molecule has 0 N–H and O–H groups in total. The van der Waals surface area contributed by atoms with E-state index in [0.717, 1.165) is 29.5 Å². The molecule has 2 heterocycles. The van der Waals surface area contributed by atoms with Crippen molar-refractivity contribution >= 4 is 11.6 Å². The molecule has 4 rings (SSSR count). The number of rotatable bonds is 1. The minimum absolute atomic E-state index is 0.0354. The van der Waals surface area contributed by atoms with Gasteiger partial charge in [0, 0.05) is 5.56 Å². The van der Waals surface area contributed by atoms with E-state index >= 15 is 0 Å². The molecule has 1 aromatic carbocycles. The highest BCUT2D eigenvalue weighted by Gasteiger charge is 2.62. The summed E-state index contributed by atoms with van der Waals surface area (Å²) in [5.74, 6) is 1.64. The van der Waals surface area contributed by atoms with Crippen molar-refractivity contribution in [1.82, 2.24) is 0 Å². The number of terminal acetylenes is 1. The van der Waals surface area contributed by atoms with Crippen molar-refractivity contribution in [2.24, 2.45) is 11.8 Å². The Kier molecular flexibility index (Phi) is 2.61. The molecule has 1 aromatic rings. The van der Waals surface area contributed by atoms with E-state index in [0.29, 0.717) is 0 Å². The molecule has 21 heavy (non-hydrogen) atoms. The first-order valence-corrected chi connectivity index (χ1v) is 7.42. The average molecular weight is 280 g/mol. The lowest BCUT2D eigenvalue weighted by atomic mass is 9.81. The van der Waals surface area contributed by atoms with Crippen LogP contribution in [-0.2, 0) is 14.3 Å². The van der Waals surface area contributed by atoms with Gasteiger partial charge in [0.2, 0.25) is 0 Å². The molecule has 2 saturated heterocycles. The standard InChI is InChI=1S/C18H16O3/c1-3-10-4-5-11(9(2)8-10)14-17(19)15-12-6-7-13(21-12)16(15)18(14)20/h1,4-5,8,12-16H,6-7H2,2H3. The third-order valence-electron chi connectivity index (χ3n) is 5.25. The van der Waals surface area contributed by atoms with E-state index in [1.165, 1.54) is 0 Å². The molecule has 2 aliphatic heterocycles. The number of benzene rings is 1. The van der Waals surface area contributed by atoms with Crippen LogP contribution in [0.2, 0.25) is 0 Å². The summed E-state index contributed by atoms with van der Waals surface area (Å²) in [5, 5.41) is 0. The van der Waals surface area contributed by atoms with Gasteiger partial charge in [-0.3, -0.25) is 9.59 Å². The summed E-state index contributed by atoms with van der Waals surface area (Å²) in [6.07, 6.45) is 7.14. The van der Waals surface area contributed by atoms with Gasteiger partial charge in [-0.15, -0.1) is 6.42 Å². The Hall–Kier alpha value is -1.92. The van der Waals surface area contributed by atoms with Crippen LogP contribution in [0.1, 0.15) is 35.4 Å². The van der Waals surface area contributed by atoms with Crippen LogP contribution in [0.15, 0.2) is 18.2 Å². The van der Waals surface area contributed by atoms with E-state index in [1.54, 1.807) is 0 Å². The third-order valence-corrected chi connectivity index (χ3v) is 5.25. The molecule has 0 aromatic heterocycles. The molecule has 3 nitrogen and oxygen atoms in total. The molecular weight excluding hydrogens is 264 g/mol. The number of aryl methyl sites for hydroxylation is 1. The lowest BCUT2D eigenvalue weighted by Crippen LogP contribution is -2.29. The molecule has 3 fully saturated rings. The number of Topliss-reactive ketones (excluding diaryl/α,β-unsaturated/α-hetero) is 2. The number of ether oxygens (including phenoxy) is 1. The SMILES string of the molecule is C#Cc1ccc(C2C(=O)C3C4CCC(O4)C3C2=O)c(C)c1. The monoisotopic (exact) mass is 280 g/mol. The maximum Gasteiger partial charge on any atom is 0.154 e. The van der Waals surface area contributed by atoms with Crippen LogP contribution in [0.3, 0.4) is 0 Å². The summed E-state index contributed by atoms with van der Waals surface area (Å²) in [6, 6.07) is 5.52. The fraction of sp³-hybridized carbons (Fsp3) is 0.444. The molecule has 1 saturated carbocycles. The summed E-state index contributed by atoms with van der Waals surface area (Å²) in [6.45, 7) is 1.91. The van der Waals surface area contributed by atoms with Crippen molar-refractivity contribution in [3.63, 3.8) is 0 Å². The Morgan fingerprint density at radius 3 is 2.29 bits per heavy atom. The predicted molar refractivity (Wildman–Crippen MR) is 76.7 cm³/mol. The minimum Gasteiger partial charge on any atom is -0.373 e.